The van der Waals surface area contributed by atoms with Crippen molar-refractivity contribution in [1.82, 2.24) is 5.32 Å². The quantitative estimate of drug-likeness (QED) is 0.213. The third-order valence-electron chi connectivity index (χ3n) is 6.18. The SMILES string of the molecule is CCCC/C=C(/C(C)=O)C1=C(C)CNCC1.CCCCCOCCC.CCc1cc(C)cc(C(F)(F)F)c1. The second-order valence-electron chi connectivity index (χ2n) is 9.88. The zero-order chi connectivity index (χ0) is 29.0. The average Bonchev–Trinajstić information content (AvgIpc) is 2.87. The minimum Gasteiger partial charge on any atom is -0.381 e. The standard InChI is InChI=1S/C14H23NO.C10H11F3.C8H18O/c1-4-5-6-7-14(12(3)16)13-8-9-15-10-11(13)2;1-3-8-4-7(2)5-9(6-8)10(11,12)13;1-3-5-6-8-9-7-4-2/h7,15H,4-6,8-10H2,1-3H3;4-6H,3H2,1-2H3;3-8H2,1-2H3/b14-7-;;. The molecule has 0 unspecified atom stereocenters. The summed E-state index contributed by atoms with van der Waals surface area (Å²) < 4.78 is 42.1. The van der Waals surface area contributed by atoms with Crippen LogP contribution in [0.1, 0.15) is 110 Å². The fourth-order valence-corrected chi connectivity index (χ4v) is 4.03. The third kappa shape index (κ3) is 16.1. The average molecular weight is 540 g/mol. The Kier molecular flexibility index (Phi) is 19.9. The lowest BCUT2D eigenvalue weighted by atomic mass is 9.92. The number of carbonyl (C=O) groups is 1. The van der Waals surface area contributed by atoms with Crippen molar-refractivity contribution >= 4 is 5.78 Å². The zero-order valence-corrected chi connectivity index (χ0v) is 25.0. The number of ketones is 1. The van der Waals surface area contributed by atoms with Crippen LogP contribution in [0.5, 0.6) is 0 Å². The van der Waals surface area contributed by atoms with E-state index in [2.05, 4.69) is 39.1 Å². The molecule has 1 aromatic rings. The summed E-state index contributed by atoms with van der Waals surface area (Å²) in [6.07, 6.45) is 7.88. The summed E-state index contributed by atoms with van der Waals surface area (Å²) in [4.78, 5) is 11.7. The molecule has 0 aliphatic carbocycles. The summed E-state index contributed by atoms with van der Waals surface area (Å²) in [5, 5.41) is 3.33. The highest BCUT2D eigenvalue weighted by Gasteiger charge is 2.30. The highest BCUT2D eigenvalue weighted by Crippen LogP contribution is 2.30. The lowest BCUT2D eigenvalue weighted by Gasteiger charge is -2.20. The molecule has 0 saturated heterocycles. The van der Waals surface area contributed by atoms with E-state index in [4.69, 9.17) is 4.74 Å². The minimum atomic E-state index is -4.23. The summed E-state index contributed by atoms with van der Waals surface area (Å²) in [5.74, 6) is 0.215. The largest absolute Gasteiger partial charge is 0.416 e. The first-order valence-corrected chi connectivity index (χ1v) is 14.4. The van der Waals surface area contributed by atoms with Gasteiger partial charge < -0.3 is 10.1 Å². The Balaban J connectivity index is 0.000000564. The molecular formula is C32H52F3NO2. The molecule has 2 rings (SSSR count). The predicted octanol–water partition coefficient (Wildman–Crippen LogP) is 9.18. The molecule has 0 radical (unpaired) electrons. The molecule has 1 N–H and O–H groups in total. The third-order valence-corrected chi connectivity index (χ3v) is 6.18. The number of hydrogen-bond donors (Lipinski definition) is 1. The first kappa shape index (κ1) is 36.1. The molecule has 0 aromatic heterocycles. The van der Waals surface area contributed by atoms with Crippen molar-refractivity contribution in [2.24, 2.45) is 0 Å². The van der Waals surface area contributed by atoms with E-state index in [1.54, 1.807) is 19.9 Å². The number of aryl methyl sites for hydroxylation is 2. The predicted molar refractivity (Wildman–Crippen MR) is 155 cm³/mol. The fourth-order valence-electron chi connectivity index (χ4n) is 4.03. The smallest absolute Gasteiger partial charge is 0.381 e. The molecule has 0 atom stereocenters. The molecule has 0 bridgehead atoms. The van der Waals surface area contributed by atoms with Gasteiger partial charge in [-0.25, -0.2) is 0 Å². The molecule has 38 heavy (non-hydrogen) atoms. The Morgan fingerprint density at radius 1 is 0.974 bits per heavy atom. The molecule has 3 nitrogen and oxygen atoms in total. The molecule has 0 saturated carbocycles. The van der Waals surface area contributed by atoms with Crippen LogP contribution in [0.3, 0.4) is 0 Å². The molecule has 1 aromatic carbocycles. The summed E-state index contributed by atoms with van der Waals surface area (Å²) in [5.41, 5.74) is 4.40. The number of nitrogens with one attached hydrogen (secondary N) is 1. The van der Waals surface area contributed by atoms with Crippen molar-refractivity contribution in [2.45, 2.75) is 112 Å². The van der Waals surface area contributed by atoms with Crippen LogP contribution in [-0.4, -0.2) is 32.1 Å². The Labute approximate surface area is 230 Å². The molecule has 1 heterocycles. The van der Waals surface area contributed by atoms with Gasteiger partial charge in [-0.3, -0.25) is 4.79 Å². The van der Waals surface area contributed by atoms with E-state index < -0.39 is 11.7 Å². The van der Waals surface area contributed by atoms with E-state index in [1.807, 2.05) is 6.92 Å². The van der Waals surface area contributed by atoms with Crippen LogP contribution < -0.4 is 5.32 Å². The van der Waals surface area contributed by atoms with Crippen molar-refractivity contribution < 1.29 is 22.7 Å². The number of allylic oxidation sites excluding steroid dienone is 2. The number of unbranched alkanes of at least 4 members (excludes halogenated alkanes) is 4. The molecule has 0 spiro atoms. The molecule has 0 fully saturated rings. The van der Waals surface area contributed by atoms with Crippen LogP contribution >= 0.6 is 0 Å². The van der Waals surface area contributed by atoms with E-state index in [0.29, 0.717) is 12.0 Å². The number of benzene rings is 1. The van der Waals surface area contributed by atoms with E-state index in [9.17, 15) is 18.0 Å². The van der Waals surface area contributed by atoms with Gasteiger partial charge in [0.15, 0.2) is 5.78 Å². The van der Waals surface area contributed by atoms with Crippen molar-refractivity contribution in [3.8, 4) is 0 Å². The van der Waals surface area contributed by atoms with Gasteiger partial charge in [0.2, 0.25) is 0 Å². The fraction of sp³-hybridized carbons (Fsp3) is 0.656. The second-order valence-corrected chi connectivity index (χ2v) is 9.88. The van der Waals surface area contributed by atoms with Gasteiger partial charge in [-0.15, -0.1) is 0 Å². The number of hydrogen-bond acceptors (Lipinski definition) is 3. The summed E-state index contributed by atoms with van der Waals surface area (Å²) in [6.45, 7) is 17.7. The van der Waals surface area contributed by atoms with Gasteiger partial charge in [0.1, 0.15) is 0 Å². The van der Waals surface area contributed by atoms with Crippen LogP contribution in [0.4, 0.5) is 13.2 Å². The lowest BCUT2D eigenvalue weighted by Crippen LogP contribution is -2.25. The molecule has 6 heteroatoms. The van der Waals surface area contributed by atoms with Crippen molar-refractivity contribution in [1.29, 1.82) is 0 Å². The monoisotopic (exact) mass is 539 g/mol. The molecule has 218 valence electrons. The Morgan fingerprint density at radius 3 is 2.18 bits per heavy atom. The summed E-state index contributed by atoms with van der Waals surface area (Å²) in [6, 6.07) is 4.14. The second kappa shape index (κ2) is 21.0. The van der Waals surface area contributed by atoms with Crippen LogP contribution in [0, 0.1) is 6.92 Å². The summed E-state index contributed by atoms with van der Waals surface area (Å²) in [7, 11) is 0. The molecular weight excluding hydrogens is 487 g/mol. The van der Waals surface area contributed by atoms with Gasteiger partial charge in [-0.2, -0.15) is 13.2 Å². The normalized spacial score (nSPS) is 13.9. The van der Waals surface area contributed by atoms with E-state index in [0.717, 1.165) is 56.7 Å². The zero-order valence-electron chi connectivity index (χ0n) is 25.0. The first-order chi connectivity index (χ1) is 18.0. The lowest BCUT2D eigenvalue weighted by molar-refractivity contribution is -0.137. The number of rotatable bonds is 12. The van der Waals surface area contributed by atoms with E-state index >= 15 is 0 Å². The number of alkyl halides is 3. The number of carbonyl (C=O) groups excluding carboxylic acids is 1. The molecule has 0 amide bonds. The van der Waals surface area contributed by atoms with Gasteiger partial charge in [-0.05, 0) is 82.7 Å². The Morgan fingerprint density at radius 2 is 1.66 bits per heavy atom. The highest BCUT2D eigenvalue weighted by atomic mass is 19.4. The van der Waals surface area contributed by atoms with Gasteiger partial charge in [0.05, 0.1) is 5.56 Å². The van der Waals surface area contributed by atoms with Crippen molar-refractivity contribution in [3.63, 3.8) is 0 Å². The maximum atomic E-state index is 12.3. The van der Waals surface area contributed by atoms with Crippen LogP contribution in [-0.2, 0) is 22.1 Å². The van der Waals surface area contributed by atoms with Crippen LogP contribution in [0.25, 0.3) is 0 Å². The van der Waals surface area contributed by atoms with Crippen molar-refractivity contribution in [3.05, 3.63) is 57.7 Å². The van der Waals surface area contributed by atoms with Gasteiger partial charge in [-0.1, -0.05) is 76.7 Å². The van der Waals surface area contributed by atoms with Crippen LogP contribution in [0.15, 0.2) is 41.0 Å². The topological polar surface area (TPSA) is 38.3 Å². The van der Waals surface area contributed by atoms with E-state index in [-0.39, 0.29) is 5.78 Å². The Hall–Kier alpha value is -1.92. The van der Waals surface area contributed by atoms with E-state index in [1.165, 1.54) is 55.4 Å². The van der Waals surface area contributed by atoms with Gasteiger partial charge in [0, 0.05) is 25.3 Å². The highest BCUT2D eigenvalue weighted by molar-refractivity contribution is 5.97. The molecule has 1 aliphatic heterocycles. The molecule has 1 aliphatic rings. The first-order valence-electron chi connectivity index (χ1n) is 14.4. The number of Topliss-reactive ketones (excluding diaryl/α,β-unsaturated/α-hetero) is 1. The van der Waals surface area contributed by atoms with Gasteiger partial charge >= 0.3 is 6.18 Å². The van der Waals surface area contributed by atoms with Crippen LogP contribution in [0.2, 0.25) is 0 Å². The number of halogens is 3. The van der Waals surface area contributed by atoms with Gasteiger partial charge in [0.25, 0.3) is 0 Å². The Bertz CT molecular complexity index is 851. The maximum absolute atomic E-state index is 12.3. The minimum absolute atomic E-state index is 0.215. The maximum Gasteiger partial charge on any atom is 0.416 e. The van der Waals surface area contributed by atoms with Crippen molar-refractivity contribution in [2.75, 3.05) is 26.3 Å². The summed E-state index contributed by atoms with van der Waals surface area (Å²) >= 11 is 0. The number of ether oxygens (including phenoxy) is 1.